The Bertz CT molecular complexity index is 842. The Morgan fingerprint density at radius 1 is 1.04 bits per heavy atom. The molecule has 0 saturated carbocycles. The van der Waals surface area contributed by atoms with E-state index in [2.05, 4.69) is 5.32 Å². The van der Waals surface area contributed by atoms with Crippen molar-refractivity contribution in [1.29, 1.82) is 0 Å². The fourth-order valence-electron chi connectivity index (χ4n) is 2.74. The largest absolute Gasteiger partial charge is 0.497 e. The first kappa shape index (κ1) is 20.2. The number of amides is 1. The van der Waals surface area contributed by atoms with E-state index >= 15 is 0 Å². The van der Waals surface area contributed by atoms with Gasteiger partial charge >= 0.3 is 5.97 Å². The maximum atomic E-state index is 12.2. The summed E-state index contributed by atoms with van der Waals surface area (Å²) in [5, 5.41) is 12.0. The molecule has 6 nitrogen and oxygen atoms in total. The molecule has 0 aliphatic heterocycles. The topological polar surface area (TPSA) is 92.7 Å². The third kappa shape index (κ3) is 5.17. The van der Waals surface area contributed by atoms with Crippen molar-refractivity contribution in [2.75, 3.05) is 7.11 Å². The number of hydrogen-bond donors (Lipinski definition) is 2. The summed E-state index contributed by atoms with van der Waals surface area (Å²) in [6.45, 7) is 3.70. The highest BCUT2D eigenvalue weighted by molar-refractivity contribution is 5.98. The van der Waals surface area contributed by atoms with Gasteiger partial charge in [0, 0.05) is 18.4 Å². The Morgan fingerprint density at radius 2 is 1.70 bits per heavy atom. The molecule has 2 N–H and O–H groups in total. The van der Waals surface area contributed by atoms with Gasteiger partial charge in [-0.1, -0.05) is 18.2 Å². The number of methoxy groups -OCH3 is 1. The lowest BCUT2D eigenvalue weighted by Crippen LogP contribution is -2.34. The van der Waals surface area contributed by atoms with Crippen molar-refractivity contribution in [3.63, 3.8) is 0 Å². The molecule has 2 aromatic rings. The van der Waals surface area contributed by atoms with Crippen LogP contribution < -0.4 is 10.1 Å². The van der Waals surface area contributed by atoms with Gasteiger partial charge in [0.1, 0.15) is 5.75 Å². The average molecular weight is 369 g/mol. The van der Waals surface area contributed by atoms with Crippen molar-refractivity contribution in [2.45, 2.75) is 32.7 Å². The molecule has 0 spiro atoms. The van der Waals surface area contributed by atoms with E-state index in [1.54, 1.807) is 36.4 Å². The number of carbonyl (C=O) groups is 3. The second kappa shape index (κ2) is 8.98. The quantitative estimate of drug-likeness (QED) is 0.697. The van der Waals surface area contributed by atoms with E-state index in [1.807, 2.05) is 19.9 Å². The predicted molar refractivity (Wildman–Crippen MR) is 101 cm³/mol. The number of aliphatic carboxylic acids is 1. The molecule has 0 heterocycles. The van der Waals surface area contributed by atoms with Crippen molar-refractivity contribution < 1.29 is 24.2 Å². The van der Waals surface area contributed by atoms with E-state index in [-0.39, 0.29) is 18.6 Å². The number of aryl methyl sites for hydroxylation is 1. The molecule has 27 heavy (non-hydrogen) atoms. The molecular formula is C21H23NO5. The summed E-state index contributed by atoms with van der Waals surface area (Å²) in [4.78, 5) is 36.0. The lowest BCUT2D eigenvalue weighted by atomic mass is 9.97. The SMILES string of the molecule is COc1ccc(C(=O)CCC(=O)NC(C(=O)O)c2cccc(C)c2C)cc1. The normalized spacial score (nSPS) is 11.5. The first-order chi connectivity index (χ1) is 12.8. The van der Waals surface area contributed by atoms with E-state index in [1.165, 1.54) is 7.11 Å². The highest BCUT2D eigenvalue weighted by atomic mass is 16.5. The number of rotatable bonds is 8. The molecule has 1 unspecified atom stereocenters. The second-order valence-corrected chi connectivity index (χ2v) is 6.28. The number of Topliss-reactive ketones (excluding diaryl/α,β-unsaturated/α-hetero) is 1. The number of ether oxygens (including phenoxy) is 1. The van der Waals surface area contributed by atoms with Gasteiger partial charge in [-0.2, -0.15) is 0 Å². The minimum absolute atomic E-state index is 0.00268. The van der Waals surface area contributed by atoms with Gasteiger partial charge in [0.2, 0.25) is 5.91 Å². The molecule has 6 heteroatoms. The Labute approximate surface area is 158 Å². The van der Waals surface area contributed by atoms with Crippen LogP contribution in [0, 0.1) is 13.8 Å². The van der Waals surface area contributed by atoms with E-state index < -0.39 is 17.9 Å². The number of carboxylic acid groups (broad SMARTS) is 1. The lowest BCUT2D eigenvalue weighted by Gasteiger charge is -2.18. The molecule has 0 saturated heterocycles. The zero-order valence-electron chi connectivity index (χ0n) is 15.6. The van der Waals surface area contributed by atoms with Crippen molar-refractivity contribution in [3.8, 4) is 5.75 Å². The third-order valence-corrected chi connectivity index (χ3v) is 4.50. The number of carboxylic acids is 1. The summed E-state index contributed by atoms with van der Waals surface area (Å²) in [6, 6.07) is 10.8. The van der Waals surface area contributed by atoms with Gasteiger partial charge in [0.25, 0.3) is 0 Å². The molecule has 1 atom stereocenters. The molecule has 0 aromatic heterocycles. The van der Waals surface area contributed by atoms with E-state index in [4.69, 9.17) is 4.74 Å². The van der Waals surface area contributed by atoms with Crippen molar-refractivity contribution in [3.05, 3.63) is 64.7 Å². The second-order valence-electron chi connectivity index (χ2n) is 6.28. The monoisotopic (exact) mass is 369 g/mol. The van der Waals surface area contributed by atoms with Crippen molar-refractivity contribution in [2.24, 2.45) is 0 Å². The van der Waals surface area contributed by atoms with Crippen LogP contribution in [-0.2, 0) is 9.59 Å². The minimum Gasteiger partial charge on any atom is -0.497 e. The molecule has 0 bridgehead atoms. The predicted octanol–water partition coefficient (Wildman–Crippen LogP) is 3.22. The van der Waals surface area contributed by atoms with E-state index in [0.29, 0.717) is 16.9 Å². The number of ketones is 1. The maximum absolute atomic E-state index is 12.2. The van der Waals surface area contributed by atoms with Gasteiger partial charge in [-0.05, 0) is 54.8 Å². The smallest absolute Gasteiger partial charge is 0.330 e. The summed E-state index contributed by atoms with van der Waals surface area (Å²) < 4.78 is 5.04. The molecule has 2 aromatic carbocycles. The third-order valence-electron chi connectivity index (χ3n) is 4.50. The number of carbonyl (C=O) groups excluding carboxylic acids is 2. The zero-order valence-corrected chi connectivity index (χ0v) is 15.6. The number of benzene rings is 2. The van der Waals surface area contributed by atoms with Crippen LogP contribution in [0.3, 0.4) is 0 Å². The summed E-state index contributed by atoms with van der Waals surface area (Å²) in [5.74, 6) is -1.17. The van der Waals surface area contributed by atoms with Gasteiger partial charge in [0.15, 0.2) is 11.8 Å². The van der Waals surface area contributed by atoms with Crippen LogP contribution in [0.15, 0.2) is 42.5 Å². The number of nitrogens with one attached hydrogen (secondary N) is 1. The Balaban J connectivity index is 2.00. The molecular weight excluding hydrogens is 346 g/mol. The molecule has 142 valence electrons. The van der Waals surface area contributed by atoms with Crippen LogP contribution in [0.25, 0.3) is 0 Å². The highest BCUT2D eigenvalue weighted by Gasteiger charge is 2.24. The van der Waals surface area contributed by atoms with Gasteiger partial charge in [-0.25, -0.2) is 4.79 Å². The average Bonchev–Trinajstić information content (AvgIpc) is 2.66. The van der Waals surface area contributed by atoms with Crippen molar-refractivity contribution in [1.82, 2.24) is 5.32 Å². The van der Waals surface area contributed by atoms with Gasteiger partial charge in [0.05, 0.1) is 7.11 Å². The number of hydrogen-bond acceptors (Lipinski definition) is 4. The molecule has 1 amide bonds. The van der Waals surface area contributed by atoms with Crippen LogP contribution in [0.2, 0.25) is 0 Å². The molecule has 0 aliphatic rings. The van der Waals surface area contributed by atoms with E-state index in [9.17, 15) is 19.5 Å². The van der Waals surface area contributed by atoms with Crippen LogP contribution in [-0.4, -0.2) is 29.9 Å². The summed E-state index contributed by atoms with van der Waals surface area (Å²) in [7, 11) is 1.54. The van der Waals surface area contributed by atoms with Gasteiger partial charge in [-0.3, -0.25) is 9.59 Å². The fraction of sp³-hybridized carbons (Fsp3) is 0.286. The summed E-state index contributed by atoms with van der Waals surface area (Å²) >= 11 is 0. The van der Waals surface area contributed by atoms with Crippen LogP contribution >= 0.6 is 0 Å². The Hall–Kier alpha value is -3.15. The molecule has 0 aliphatic carbocycles. The van der Waals surface area contributed by atoms with Crippen molar-refractivity contribution >= 4 is 17.7 Å². The van der Waals surface area contributed by atoms with E-state index in [0.717, 1.165) is 11.1 Å². The summed E-state index contributed by atoms with van der Waals surface area (Å²) in [6.07, 6.45) is -0.0865. The zero-order chi connectivity index (χ0) is 20.0. The first-order valence-electron chi connectivity index (χ1n) is 8.59. The Kier molecular flexibility index (Phi) is 6.71. The lowest BCUT2D eigenvalue weighted by molar-refractivity contribution is -0.142. The molecule has 0 fully saturated rings. The fourth-order valence-corrected chi connectivity index (χ4v) is 2.74. The van der Waals surface area contributed by atoms with Gasteiger partial charge in [-0.15, -0.1) is 0 Å². The van der Waals surface area contributed by atoms with Crippen LogP contribution in [0.1, 0.15) is 45.9 Å². The maximum Gasteiger partial charge on any atom is 0.330 e. The van der Waals surface area contributed by atoms with Crippen LogP contribution in [0.5, 0.6) is 5.75 Å². The highest BCUT2D eigenvalue weighted by Crippen LogP contribution is 2.21. The Morgan fingerprint density at radius 3 is 2.30 bits per heavy atom. The van der Waals surface area contributed by atoms with Crippen LogP contribution in [0.4, 0.5) is 0 Å². The minimum atomic E-state index is -1.14. The summed E-state index contributed by atoms with van der Waals surface area (Å²) in [5.41, 5.74) is 2.78. The molecule has 0 radical (unpaired) electrons. The standard InChI is InChI=1S/C21H23NO5/c1-13-5-4-6-17(14(13)2)20(21(25)26)22-19(24)12-11-18(23)15-7-9-16(27-3)10-8-15/h4-10,20H,11-12H2,1-3H3,(H,22,24)(H,25,26). The first-order valence-corrected chi connectivity index (χ1v) is 8.59. The molecule has 2 rings (SSSR count). The van der Waals surface area contributed by atoms with Gasteiger partial charge < -0.3 is 15.2 Å².